The van der Waals surface area contributed by atoms with Gasteiger partial charge in [0.1, 0.15) is 5.82 Å². The first-order valence-corrected chi connectivity index (χ1v) is 5.96. The molecular weight excluding hydrogens is 229 g/mol. The van der Waals surface area contributed by atoms with Crippen LogP contribution in [0.3, 0.4) is 0 Å². The van der Waals surface area contributed by atoms with E-state index in [0.29, 0.717) is 6.54 Å². The number of carbonyl (C=O) groups is 1. The molecule has 1 amide bonds. The number of benzene rings is 1. The van der Waals surface area contributed by atoms with Gasteiger partial charge in [0.2, 0.25) is 0 Å². The summed E-state index contributed by atoms with van der Waals surface area (Å²) in [5.74, 6) is -0.779. The lowest BCUT2D eigenvalue weighted by atomic mass is 10.0. The molecule has 0 bridgehead atoms. The Bertz CT molecular complexity index is 460. The Balaban J connectivity index is 3.14. The lowest BCUT2D eigenvalue weighted by Gasteiger charge is -2.35. The highest BCUT2D eigenvalue weighted by Gasteiger charge is 2.27. The molecule has 18 heavy (non-hydrogen) atoms. The van der Waals surface area contributed by atoms with Crippen molar-refractivity contribution in [2.24, 2.45) is 0 Å². The van der Waals surface area contributed by atoms with Gasteiger partial charge in [-0.1, -0.05) is 12.1 Å². The van der Waals surface area contributed by atoms with Gasteiger partial charge in [0.25, 0.3) is 5.91 Å². The highest BCUT2D eigenvalue weighted by molar-refractivity contribution is 5.95. The molecule has 0 spiro atoms. The van der Waals surface area contributed by atoms with Crippen LogP contribution in [-0.2, 0) is 0 Å². The lowest BCUT2D eigenvalue weighted by molar-refractivity contribution is 0.0612. The van der Waals surface area contributed by atoms with Crippen molar-refractivity contribution >= 4 is 5.91 Å². The predicted molar refractivity (Wildman–Crippen MR) is 72.1 cm³/mol. The van der Waals surface area contributed by atoms with Crippen molar-refractivity contribution in [3.8, 4) is 0 Å². The average Bonchev–Trinajstić information content (AvgIpc) is 2.23. The largest absolute Gasteiger partial charge is 0.330 e. The fourth-order valence-electron chi connectivity index (χ4n) is 1.73. The zero-order valence-corrected chi connectivity index (χ0v) is 11.5. The van der Waals surface area contributed by atoms with Gasteiger partial charge in [-0.05, 0) is 45.4 Å². The third-order valence-electron chi connectivity index (χ3n) is 2.72. The summed E-state index contributed by atoms with van der Waals surface area (Å²) >= 11 is 0. The van der Waals surface area contributed by atoms with E-state index in [4.69, 9.17) is 0 Å². The van der Waals surface area contributed by atoms with Gasteiger partial charge < -0.3 is 4.90 Å². The number of amides is 1. The molecule has 0 radical (unpaired) electrons. The van der Waals surface area contributed by atoms with Crippen LogP contribution in [0.1, 0.15) is 36.7 Å². The molecule has 0 aromatic heterocycles. The number of nitrogens with zero attached hydrogens (tertiary/aromatic N) is 1. The fraction of sp³-hybridized carbons (Fsp3) is 0.400. The second-order valence-electron chi connectivity index (χ2n) is 5.36. The molecule has 0 aliphatic heterocycles. The highest BCUT2D eigenvalue weighted by atomic mass is 19.1. The minimum absolute atomic E-state index is 0.109. The van der Waals surface area contributed by atoms with Crippen LogP contribution in [-0.4, -0.2) is 22.9 Å². The number of hydrogen-bond acceptors (Lipinski definition) is 1. The molecule has 1 aromatic carbocycles. The van der Waals surface area contributed by atoms with E-state index in [1.165, 1.54) is 12.1 Å². The van der Waals surface area contributed by atoms with E-state index in [-0.39, 0.29) is 17.0 Å². The maximum absolute atomic E-state index is 13.8. The van der Waals surface area contributed by atoms with Crippen molar-refractivity contribution < 1.29 is 9.18 Å². The molecule has 0 atom stereocenters. The monoisotopic (exact) mass is 249 g/mol. The Kier molecular flexibility index (Phi) is 4.28. The first-order valence-electron chi connectivity index (χ1n) is 5.96. The predicted octanol–water partition coefficient (Wildman–Crippen LogP) is 3.56. The summed E-state index contributed by atoms with van der Waals surface area (Å²) in [6.07, 6.45) is 1.65. The van der Waals surface area contributed by atoms with Crippen LogP contribution < -0.4 is 0 Å². The Morgan fingerprint density at radius 3 is 2.50 bits per heavy atom. The van der Waals surface area contributed by atoms with Crippen molar-refractivity contribution in [3.63, 3.8) is 0 Å². The van der Waals surface area contributed by atoms with Gasteiger partial charge in [0, 0.05) is 12.1 Å². The smallest absolute Gasteiger partial charge is 0.257 e. The quantitative estimate of drug-likeness (QED) is 0.750. The van der Waals surface area contributed by atoms with E-state index in [9.17, 15) is 9.18 Å². The second kappa shape index (κ2) is 5.34. The number of carbonyl (C=O) groups excluding carboxylic acids is 1. The number of halogens is 1. The summed E-state index contributed by atoms with van der Waals surface area (Å²) in [4.78, 5) is 14.0. The summed E-state index contributed by atoms with van der Waals surface area (Å²) in [7, 11) is 0. The first-order chi connectivity index (χ1) is 8.27. The number of aryl methyl sites for hydroxylation is 1. The Morgan fingerprint density at radius 1 is 1.44 bits per heavy atom. The van der Waals surface area contributed by atoms with Crippen LogP contribution >= 0.6 is 0 Å². The van der Waals surface area contributed by atoms with Crippen molar-refractivity contribution in [2.75, 3.05) is 6.54 Å². The summed E-state index contributed by atoms with van der Waals surface area (Å²) in [5, 5.41) is 0. The third-order valence-corrected chi connectivity index (χ3v) is 2.72. The molecule has 1 rings (SSSR count). The van der Waals surface area contributed by atoms with E-state index in [0.717, 1.165) is 5.56 Å². The van der Waals surface area contributed by atoms with Gasteiger partial charge in [-0.2, -0.15) is 0 Å². The van der Waals surface area contributed by atoms with Gasteiger partial charge in [-0.3, -0.25) is 4.79 Å². The van der Waals surface area contributed by atoms with Gasteiger partial charge >= 0.3 is 0 Å². The van der Waals surface area contributed by atoms with Crippen LogP contribution in [0.15, 0.2) is 30.9 Å². The third kappa shape index (κ3) is 3.19. The van der Waals surface area contributed by atoms with E-state index in [1.807, 2.05) is 20.8 Å². The highest BCUT2D eigenvalue weighted by Crippen LogP contribution is 2.19. The van der Waals surface area contributed by atoms with E-state index >= 15 is 0 Å². The Hall–Kier alpha value is -1.64. The molecule has 98 valence electrons. The van der Waals surface area contributed by atoms with Gasteiger partial charge in [-0.15, -0.1) is 6.58 Å². The Labute approximate surface area is 108 Å². The molecule has 0 aliphatic carbocycles. The van der Waals surface area contributed by atoms with E-state index in [2.05, 4.69) is 6.58 Å². The molecule has 0 aliphatic rings. The first kappa shape index (κ1) is 14.4. The van der Waals surface area contributed by atoms with Crippen LogP contribution in [0.4, 0.5) is 4.39 Å². The lowest BCUT2D eigenvalue weighted by Crippen LogP contribution is -2.45. The molecular formula is C15H20FNO. The average molecular weight is 249 g/mol. The molecule has 3 heteroatoms. The summed E-state index contributed by atoms with van der Waals surface area (Å²) in [6, 6.07) is 4.65. The Morgan fingerprint density at radius 2 is 2.06 bits per heavy atom. The molecule has 1 aromatic rings. The summed E-state index contributed by atoms with van der Waals surface area (Å²) in [6.45, 7) is 11.6. The SMILES string of the molecule is C=CCN(C(=O)c1ccc(C)cc1F)C(C)(C)C. The van der Waals surface area contributed by atoms with Crippen LogP contribution in [0.25, 0.3) is 0 Å². The molecule has 0 fully saturated rings. The van der Waals surface area contributed by atoms with Crippen LogP contribution in [0.5, 0.6) is 0 Å². The van der Waals surface area contributed by atoms with Crippen molar-refractivity contribution in [2.45, 2.75) is 33.2 Å². The van der Waals surface area contributed by atoms with E-state index in [1.54, 1.807) is 24.0 Å². The fourth-order valence-corrected chi connectivity index (χ4v) is 1.73. The molecule has 0 saturated carbocycles. The summed E-state index contributed by atoms with van der Waals surface area (Å²) in [5.41, 5.74) is 0.537. The minimum Gasteiger partial charge on any atom is -0.330 e. The van der Waals surface area contributed by atoms with Crippen LogP contribution in [0, 0.1) is 12.7 Å². The maximum atomic E-state index is 13.8. The molecule has 0 saturated heterocycles. The minimum atomic E-state index is -0.474. The summed E-state index contributed by atoms with van der Waals surface area (Å²) < 4.78 is 13.8. The van der Waals surface area contributed by atoms with Crippen LogP contribution in [0.2, 0.25) is 0 Å². The normalized spacial score (nSPS) is 11.2. The van der Waals surface area contributed by atoms with E-state index < -0.39 is 5.82 Å². The molecule has 0 unspecified atom stereocenters. The zero-order chi connectivity index (χ0) is 13.9. The maximum Gasteiger partial charge on any atom is 0.257 e. The van der Waals surface area contributed by atoms with Gasteiger partial charge in [0.15, 0.2) is 0 Å². The molecule has 0 heterocycles. The second-order valence-corrected chi connectivity index (χ2v) is 5.36. The standard InChI is InChI=1S/C15H20FNO/c1-6-9-17(15(3,4)5)14(18)12-8-7-11(2)10-13(12)16/h6-8,10H,1,9H2,2-5H3. The molecule has 0 N–H and O–H groups in total. The zero-order valence-electron chi connectivity index (χ0n) is 11.5. The topological polar surface area (TPSA) is 20.3 Å². The van der Waals surface area contributed by atoms with Crippen molar-refractivity contribution in [1.29, 1.82) is 0 Å². The molecule has 2 nitrogen and oxygen atoms in total. The van der Waals surface area contributed by atoms with Gasteiger partial charge in [-0.25, -0.2) is 4.39 Å². The number of rotatable bonds is 3. The van der Waals surface area contributed by atoms with Gasteiger partial charge in [0.05, 0.1) is 5.56 Å². The van der Waals surface area contributed by atoms with Crippen molar-refractivity contribution in [1.82, 2.24) is 4.90 Å². The van der Waals surface area contributed by atoms with Crippen molar-refractivity contribution in [3.05, 3.63) is 47.8 Å². The number of hydrogen-bond donors (Lipinski definition) is 0.